The lowest BCUT2D eigenvalue weighted by atomic mass is 9.89. The molecule has 1 aliphatic heterocycles. The normalized spacial score (nSPS) is 15.3. The Bertz CT molecular complexity index is 1320. The Hall–Kier alpha value is -3.26. The van der Waals surface area contributed by atoms with Gasteiger partial charge in [-0.1, -0.05) is 12.1 Å². The highest BCUT2D eigenvalue weighted by atomic mass is 19.1. The monoisotopic (exact) mass is 462 g/mol. The maximum Gasteiger partial charge on any atom is 0.140 e. The summed E-state index contributed by atoms with van der Waals surface area (Å²) in [6.07, 6.45) is 9.27. The van der Waals surface area contributed by atoms with Crippen molar-refractivity contribution in [2.45, 2.75) is 46.0 Å². The molecule has 0 spiro atoms. The van der Waals surface area contributed by atoms with Gasteiger partial charge in [0.1, 0.15) is 22.9 Å². The van der Waals surface area contributed by atoms with E-state index >= 15 is 0 Å². The highest BCUT2D eigenvalue weighted by molar-refractivity contribution is 5.62. The Morgan fingerprint density at radius 1 is 1.09 bits per heavy atom. The van der Waals surface area contributed by atoms with E-state index < -0.39 is 0 Å². The van der Waals surface area contributed by atoms with Crippen molar-refractivity contribution in [3.8, 4) is 22.8 Å². The number of imidazole rings is 1. The number of nitrogens with zero attached hydrogens (tertiary/aromatic N) is 6. The second-order valence-electron chi connectivity index (χ2n) is 9.22. The summed E-state index contributed by atoms with van der Waals surface area (Å²) in [5.74, 6) is 1.12. The molecule has 4 heterocycles. The first kappa shape index (κ1) is 22.5. The predicted molar refractivity (Wildman–Crippen MR) is 130 cm³/mol. The average molecular weight is 463 g/mol. The van der Waals surface area contributed by atoms with E-state index in [-0.39, 0.29) is 5.82 Å². The maximum absolute atomic E-state index is 13.9. The Labute approximate surface area is 199 Å². The number of fused-ring (bicyclic) bond motifs is 1. The average Bonchev–Trinajstić information content (AvgIpc) is 3.48. The summed E-state index contributed by atoms with van der Waals surface area (Å²) in [5.41, 5.74) is 5.79. The number of aromatic nitrogens is 5. The summed E-state index contributed by atoms with van der Waals surface area (Å²) in [5, 5.41) is 8.74. The van der Waals surface area contributed by atoms with Crippen molar-refractivity contribution in [1.29, 1.82) is 0 Å². The third kappa shape index (κ3) is 4.07. The number of ether oxygens (including phenoxy) is 1. The first-order valence-electron chi connectivity index (χ1n) is 12.0. The molecule has 1 saturated heterocycles. The van der Waals surface area contributed by atoms with Gasteiger partial charge in [0.05, 0.1) is 30.9 Å². The van der Waals surface area contributed by atoms with Crippen LogP contribution in [0.4, 0.5) is 4.39 Å². The van der Waals surface area contributed by atoms with Gasteiger partial charge in [-0.25, -0.2) is 14.1 Å². The smallest absolute Gasteiger partial charge is 0.140 e. The zero-order valence-corrected chi connectivity index (χ0v) is 20.3. The molecule has 0 atom stereocenters. The van der Waals surface area contributed by atoms with Gasteiger partial charge >= 0.3 is 0 Å². The second kappa shape index (κ2) is 9.18. The van der Waals surface area contributed by atoms with Gasteiger partial charge in [0.2, 0.25) is 0 Å². The lowest BCUT2D eigenvalue weighted by molar-refractivity contribution is 0.211. The molecule has 0 aliphatic carbocycles. The number of piperidine rings is 1. The van der Waals surface area contributed by atoms with Crippen LogP contribution in [0.1, 0.15) is 48.8 Å². The van der Waals surface area contributed by atoms with Gasteiger partial charge in [-0.15, -0.1) is 5.10 Å². The predicted octanol–water partition coefficient (Wildman–Crippen LogP) is 4.94. The standard InChI is InChI=1S/C26H31FN6O/c1-5-8-31-9-6-19(7-10-31)20-15-32-24(14-28-26(32)13-25(20)34-4)22-16-33(30-29-22)23-12-17(2)21(27)11-18(23)3/h11-16,19H,5-10H2,1-4H3. The number of pyridine rings is 1. The highest BCUT2D eigenvalue weighted by Crippen LogP contribution is 2.36. The number of methoxy groups -OCH3 is 1. The molecule has 0 N–H and O–H groups in total. The number of aryl methyl sites for hydroxylation is 2. The van der Waals surface area contributed by atoms with Crippen LogP contribution in [0.15, 0.2) is 36.8 Å². The van der Waals surface area contributed by atoms with Gasteiger partial charge in [-0.3, -0.25) is 4.40 Å². The minimum atomic E-state index is -0.217. The molecule has 7 nitrogen and oxygen atoms in total. The van der Waals surface area contributed by atoms with Gasteiger partial charge in [0.15, 0.2) is 0 Å². The number of halogens is 1. The van der Waals surface area contributed by atoms with E-state index in [1.807, 2.05) is 25.4 Å². The number of hydrogen-bond donors (Lipinski definition) is 0. The van der Waals surface area contributed by atoms with Crippen LogP contribution in [0.2, 0.25) is 0 Å². The molecular weight excluding hydrogens is 431 g/mol. The van der Waals surface area contributed by atoms with Crippen molar-refractivity contribution >= 4 is 5.65 Å². The summed E-state index contributed by atoms with van der Waals surface area (Å²) in [4.78, 5) is 7.14. The Morgan fingerprint density at radius 2 is 1.88 bits per heavy atom. The minimum Gasteiger partial charge on any atom is -0.496 e. The molecule has 1 aliphatic rings. The molecule has 34 heavy (non-hydrogen) atoms. The Morgan fingerprint density at radius 3 is 2.62 bits per heavy atom. The van der Waals surface area contributed by atoms with Gasteiger partial charge in [0, 0.05) is 17.8 Å². The molecule has 0 radical (unpaired) electrons. The zero-order valence-electron chi connectivity index (χ0n) is 20.3. The molecular formula is C26H31FN6O. The van der Waals surface area contributed by atoms with E-state index in [0.717, 1.165) is 60.8 Å². The van der Waals surface area contributed by atoms with E-state index in [1.165, 1.54) is 18.1 Å². The van der Waals surface area contributed by atoms with Crippen molar-refractivity contribution in [3.05, 3.63) is 59.3 Å². The van der Waals surface area contributed by atoms with E-state index in [2.05, 4.69) is 37.7 Å². The van der Waals surface area contributed by atoms with Crippen molar-refractivity contribution in [3.63, 3.8) is 0 Å². The molecule has 4 aromatic rings. The van der Waals surface area contributed by atoms with Crippen molar-refractivity contribution < 1.29 is 9.13 Å². The zero-order chi connectivity index (χ0) is 23.8. The van der Waals surface area contributed by atoms with Crippen LogP contribution in [0.25, 0.3) is 22.7 Å². The van der Waals surface area contributed by atoms with Crippen LogP contribution in [-0.4, -0.2) is 56.0 Å². The number of hydrogen-bond acceptors (Lipinski definition) is 5. The number of likely N-dealkylation sites (tertiary alicyclic amines) is 1. The van der Waals surface area contributed by atoms with Gasteiger partial charge < -0.3 is 9.64 Å². The fourth-order valence-corrected chi connectivity index (χ4v) is 4.99. The van der Waals surface area contributed by atoms with Crippen LogP contribution in [0, 0.1) is 19.7 Å². The first-order valence-corrected chi connectivity index (χ1v) is 12.0. The molecule has 178 valence electrons. The summed E-state index contributed by atoms with van der Waals surface area (Å²) in [6.45, 7) is 9.25. The first-order chi connectivity index (χ1) is 16.5. The molecule has 5 rings (SSSR count). The van der Waals surface area contributed by atoms with Crippen LogP contribution in [0.3, 0.4) is 0 Å². The molecule has 8 heteroatoms. The molecule has 1 aromatic carbocycles. The Kier molecular flexibility index (Phi) is 6.08. The molecule has 0 saturated carbocycles. The fraction of sp³-hybridized carbons (Fsp3) is 0.423. The lowest BCUT2D eigenvalue weighted by Gasteiger charge is -2.32. The van der Waals surface area contributed by atoms with Gasteiger partial charge in [-0.2, -0.15) is 0 Å². The Balaban J connectivity index is 1.50. The van der Waals surface area contributed by atoms with Crippen molar-refractivity contribution in [2.24, 2.45) is 0 Å². The van der Waals surface area contributed by atoms with Crippen LogP contribution in [-0.2, 0) is 0 Å². The van der Waals surface area contributed by atoms with Gasteiger partial charge in [0.25, 0.3) is 0 Å². The van der Waals surface area contributed by atoms with Crippen molar-refractivity contribution in [1.82, 2.24) is 29.3 Å². The van der Waals surface area contributed by atoms with Gasteiger partial charge in [-0.05, 0) is 81.9 Å². The highest BCUT2D eigenvalue weighted by Gasteiger charge is 2.24. The molecule has 0 amide bonds. The summed E-state index contributed by atoms with van der Waals surface area (Å²) in [7, 11) is 1.73. The third-order valence-corrected chi connectivity index (χ3v) is 6.91. The minimum absolute atomic E-state index is 0.217. The van der Waals surface area contributed by atoms with Crippen LogP contribution < -0.4 is 4.74 Å². The number of benzene rings is 1. The quantitative estimate of drug-likeness (QED) is 0.406. The van der Waals surface area contributed by atoms with Crippen LogP contribution in [0.5, 0.6) is 5.75 Å². The summed E-state index contributed by atoms with van der Waals surface area (Å²) < 4.78 is 23.5. The van der Waals surface area contributed by atoms with E-state index in [9.17, 15) is 4.39 Å². The van der Waals surface area contributed by atoms with E-state index in [0.29, 0.717) is 17.2 Å². The maximum atomic E-state index is 13.9. The summed E-state index contributed by atoms with van der Waals surface area (Å²) in [6, 6.07) is 5.34. The lowest BCUT2D eigenvalue weighted by Crippen LogP contribution is -2.33. The molecule has 3 aromatic heterocycles. The third-order valence-electron chi connectivity index (χ3n) is 6.91. The SMILES string of the molecule is CCCN1CCC(c2cn3c(-c4cn(-c5cc(C)c(F)cc5C)nn4)cnc3cc2OC)CC1. The van der Waals surface area contributed by atoms with Crippen LogP contribution >= 0.6 is 0 Å². The van der Waals surface area contributed by atoms with E-state index in [4.69, 9.17) is 4.74 Å². The van der Waals surface area contributed by atoms with E-state index in [1.54, 1.807) is 24.8 Å². The molecule has 1 fully saturated rings. The fourth-order valence-electron chi connectivity index (χ4n) is 4.99. The molecule has 0 unspecified atom stereocenters. The largest absolute Gasteiger partial charge is 0.496 e. The molecule has 0 bridgehead atoms. The summed E-state index contributed by atoms with van der Waals surface area (Å²) >= 11 is 0. The topological polar surface area (TPSA) is 60.5 Å². The second-order valence-corrected chi connectivity index (χ2v) is 9.22. The number of rotatable bonds is 6. The van der Waals surface area contributed by atoms with Crippen molar-refractivity contribution in [2.75, 3.05) is 26.7 Å².